The summed E-state index contributed by atoms with van der Waals surface area (Å²) < 4.78 is 94.2. The maximum Gasteiger partial charge on any atom is 0.409 e. The Morgan fingerprint density at radius 3 is 1.74 bits per heavy atom. The van der Waals surface area contributed by atoms with Gasteiger partial charge in [-0.05, 0) is 66.8 Å². The van der Waals surface area contributed by atoms with Gasteiger partial charge in [0.15, 0.2) is 0 Å². The van der Waals surface area contributed by atoms with Crippen molar-refractivity contribution in [1.82, 2.24) is 0 Å². The van der Waals surface area contributed by atoms with E-state index in [4.69, 9.17) is 0 Å². The molecule has 7 heteroatoms. The number of hydrogen-bond acceptors (Lipinski definition) is 0. The highest BCUT2D eigenvalue weighted by atomic mass is 19.4. The van der Waals surface area contributed by atoms with Crippen LogP contribution in [0.4, 0.5) is 30.7 Å². The Morgan fingerprint density at radius 1 is 0.710 bits per heavy atom. The van der Waals surface area contributed by atoms with Gasteiger partial charge in [0.25, 0.3) is 0 Å². The predicted molar refractivity (Wildman–Crippen MR) is 105 cm³/mol. The zero-order chi connectivity index (χ0) is 22.8. The second-order valence-electron chi connectivity index (χ2n) is 7.15. The summed E-state index contributed by atoms with van der Waals surface area (Å²) in [5, 5.41) is 0. The molecule has 0 bridgehead atoms. The summed E-state index contributed by atoms with van der Waals surface area (Å²) in [6.07, 6.45) is -3.96. The second kappa shape index (κ2) is 8.96. The molecule has 3 aromatic rings. The van der Waals surface area contributed by atoms with Crippen molar-refractivity contribution in [3.63, 3.8) is 0 Å². The molecule has 162 valence electrons. The Balaban J connectivity index is 1.87. The summed E-state index contributed by atoms with van der Waals surface area (Å²) in [6.45, 7) is 1.94. The van der Waals surface area contributed by atoms with Crippen LogP contribution in [0.15, 0.2) is 54.6 Å². The van der Waals surface area contributed by atoms with Gasteiger partial charge in [0, 0.05) is 11.6 Å². The highest BCUT2D eigenvalue weighted by molar-refractivity contribution is 5.68. The lowest BCUT2D eigenvalue weighted by molar-refractivity contribution is -0.0790. The van der Waals surface area contributed by atoms with Crippen molar-refractivity contribution in [3.8, 4) is 11.1 Å². The van der Waals surface area contributed by atoms with E-state index in [0.717, 1.165) is 23.3 Å². The van der Waals surface area contributed by atoms with Crippen molar-refractivity contribution >= 4 is 6.08 Å². The fourth-order valence-corrected chi connectivity index (χ4v) is 3.15. The molecule has 31 heavy (non-hydrogen) atoms. The summed E-state index contributed by atoms with van der Waals surface area (Å²) in [5.74, 6) is -4.76. The maximum atomic E-state index is 14.6. The monoisotopic (exact) mass is 438 g/mol. The third-order valence-electron chi connectivity index (χ3n) is 4.73. The zero-order valence-electron chi connectivity index (χ0n) is 16.3. The molecule has 0 saturated carbocycles. The highest BCUT2D eigenvalue weighted by Crippen LogP contribution is 2.31. The zero-order valence-corrected chi connectivity index (χ0v) is 16.3. The molecule has 3 rings (SSSR count). The van der Waals surface area contributed by atoms with E-state index in [2.05, 4.69) is 0 Å². The van der Waals surface area contributed by atoms with Crippen LogP contribution in [0.5, 0.6) is 0 Å². The average molecular weight is 438 g/mol. The molecule has 0 spiro atoms. The summed E-state index contributed by atoms with van der Waals surface area (Å²) in [7, 11) is 0. The van der Waals surface area contributed by atoms with Crippen molar-refractivity contribution in [3.05, 3.63) is 100 Å². The van der Waals surface area contributed by atoms with Crippen LogP contribution in [0.1, 0.15) is 22.3 Å². The van der Waals surface area contributed by atoms with Gasteiger partial charge in [-0.3, -0.25) is 0 Å². The molecule has 0 aliphatic rings. The third-order valence-corrected chi connectivity index (χ3v) is 4.73. The van der Waals surface area contributed by atoms with Gasteiger partial charge in [-0.15, -0.1) is 0 Å². The van der Waals surface area contributed by atoms with Gasteiger partial charge in [-0.25, -0.2) is 17.6 Å². The van der Waals surface area contributed by atoms with E-state index in [9.17, 15) is 30.7 Å². The molecule has 0 nitrogen and oxygen atoms in total. The van der Waals surface area contributed by atoms with Gasteiger partial charge >= 0.3 is 6.18 Å². The molecule has 0 amide bonds. The van der Waals surface area contributed by atoms with Gasteiger partial charge < -0.3 is 0 Å². The minimum absolute atomic E-state index is 0.231. The number of halogens is 7. The lowest BCUT2D eigenvalue weighted by Gasteiger charge is -2.11. The van der Waals surface area contributed by atoms with Crippen molar-refractivity contribution in [2.24, 2.45) is 0 Å². The predicted octanol–water partition coefficient (Wildman–Crippen LogP) is 7.58. The van der Waals surface area contributed by atoms with Crippen LogP contribution < -0.4 is 0 Å². The van der Waals surface area contributed by atoms with Crippen LogP contribution in [0.3, 0.4) is 0 Å². The third kappa shape index (κ3) is 5.75. The van der Waals surface area contributed by atoms with E-state index in [1.54, 1.807) is 0 Å². The van der Waals surface area contributed by atoms with E-state index >= 15 is 0 Å². The quantitative estimate of drug-likeness (QED) is 0.360. The first-order valence-electron chi connectivity index (χ1n) is 9.32. The number of aryl methyl sites for hydroxylation is 3. The number of alkyl halides is 3. The molecule has 0 N–H and O–H groups in total. The molecule has 0 radical (unpaired) electrons. The Kier molecular flexibility index (Phi) is 6.53. The van der Waals surface area contributed by atoms with Crippen LogP contribution in [-0.4, -0.2) is 6.18 Å². The van der Waals surface area contributed by atoms with Gasteiger partial charge in [0.2, 0.25) is 0 Å². The molecule has 0 fully saturated rings. The SMILES string of the molecule is Cc1ccc(CCc2cc(F)c(-c3cc(F)c(/C=C/C(F)(F)F)c(F)c3)c(F)c2)cc1. The normalized spacial score (nSPS) is 12.0. The fraction of sp³-hybridized carbons (Fsp3) is 0.167. The Morgan fingerprint density at radius 2 is 1.23 bits per heavy atom. The van der Waals surface area contributed by atoms with Gasteiger partial charge in [-0.1, -0.05) is 29.8 Å². The summed E-state index contributed by atoms with van der Waals surface area (Å²) >= 11 is 0. The first-order valence-corrected chi connectivity index (χ1v) is 9.32. The van der Waals surface area contributed by atoms with Gasteiger partial charge in [-0.2, -0.15) is 13.2 Å². The van der Waals surface area contributed by atoms with Crippen LogP contribution in [0, 0.1) is 30.2 Å². The molecule has 0 aliphatic heterocycles. The highest BCUT2D eigenvalue weighted by Gasteiger charge is 2.23. The first kappa shape index (κ1) is 22.6. The smallest absolute Gasteiger partial charge is 0.206 e. The Bertz CT molecular complexity index is 1060. The minimum atomic E-state index is -4.76. The largest absolute Gasteiger partial charge is 0.409 e. The molecular formula is C24H17F7. The first-order chi connectivity index (χ1) is 14.5. The molecule has 0 aromatic heterocycles. The van der Waals surface area contributed by atoms with Crippen LogP contribution in [-0.2, 0) is 12.8 Å². The number of rotatable bonds is 5. The van der Waals surface area contributed by atoms with Crippen LogP contribution >= 0.6 is 0 Å². The van der Waals surface area contributed by atoms with Gasteiger partial charge in [0.05, 0.1) is 5.56 Å². The molecule has 0 atom stereocenters. The lowest BCUT2D eigenvalue weighted by atomic mass is 9.97. The van der Waals surface area contributed by atoms with Crippen molar-refractivity contribution in [2.75, 3.05) is 0 Å². The van der Waals surface area contributed by atoms with Crippen molar-refractivity contribution < 1.29 is 30.7 Å². The van der Waals surface area contributed by atoms with E-state index in [-0.39, 0.29) is 12.2 Å². The van der Waals surface area contributed by atoms with E-state index in [0.29, 0.717) is 30.5 Å². The average Bonchev–Trinajstić information content (AvgIpc) is 2.65. The van der Waals surface area contributed by atoms with Crippen molar-refractivity contribution in [2.45, 2.75) is 25.9 Å². The lowest BCUT2D eigenvalue weighted by Crippen LogP contribution is -2.02. The summed E-state index contributed by atoms with van der Waals surface area (Å²) in [5.41, 5.74) is 0.399. The fourth-order valence-electron chi connectivity index (χ4n) is 3.15. The number of hydrogen-bond donors (Lipinski definition) is 0. The van der Waals surface area contributed by atoms with E-state index in [1.165, 1.54) is 0 Å². The second-order valence-corrected chi connectivity index (χ2v) is 7.15. The molecule has 0 saturated heterocycles. The Hall–Kier alpha value is -3.09. The van der Waals surface area contributed by atoms with E-state index in [1.807, 2.05) is 31.2 Å². The number of benzene rings is 3. The number of allylic oxidation sites excluding steroid dienone is 1. The topological polar surface area (TPSA) is 0 Å². The molecular weight excluding hydrogens is 421 g/mol. The molecule has 3 aromatic carbocycles. The summed E-state index contributed by atoms with van der Waals surface area (Å²) in [6, 6.07) is 11.1. The minimum Gasteiger partial charge on any atom is -0.206 e. The summed E-state index contributed by atoms with van der Waals surface area (Å²) in [4.78, 5) is 0. The van der Waals surface area contributed by atoms with Crippen LogP contribution in [0.25, 0.3) is 17.2 Å². The maximum absolute atomic E-state index is 14.6. The van der Waals surface area contributed by atoms with Crippen molar-refractivity contribution in [1.29, 1.82) is 0 Å². The molecule has 0 heterocycles. The molecule has 0 aliphatic carbocycles. The molecule has 0 unspecified atom stereocenters. The van der Waals surface area contributed by atoms with Gasteiger partial charge in [0.1, 0.15) is 23.3 Å². The van der Waals surface area contributed by atoms with E-state index < -0.39 is 46.1 Å². The standard InChI is InChI=1S/C24H17F7/c1-14-2-4-15(5-3-14)6-7-16-10-21(27)23(22(28)11-16)17-12-19(25)18(20(26)13-17)8-9-24(29,30)31/h2-5,8-13H,6-7H2,1H3/b9-8+. The van der Waals surface area contributed by atoms with Crippen LogP contribution in [0.2, 0.25) is 0 Å². The Labute approximate surface area is 174 Å².